The lowest BCUT2D eigenvalue weighted by Gasteiger charge is -2.06. The zero-order chi connectivity index (χ0) is 13.8. The van der Waals surface area contributed by atoms with Crippen LogP contribution in [0.5, 0.6) is 0 Å². The Morgan fingerprint density at radius 1 is 0.950 bits per heavy atom. The molecule has 0 bridgehead atoms. The molecule has 3 rings (SSSR count). The van der Waals surface area contributed by atoms with Crippen molar-refractivity contribution in [3.05, 3.63) is 72.8 Å². The van der Waals surface area contributed by atoms with Crippen LogP contribution in [0.1, 0.15) is 10.5 Å². The highest BCUT2D eigenvalue weighted by Crippen LogP contribution is 2.20. The second kappa shape index (κ2) is 5.40. The van der Waals surface area contributed by atoms with Gasteiger partial charge in [-0.05, 0) is 47.5 Å². The predicted octanol–water partition coefficient (Wildman–Crippen LogP) is 3.33. The normalized spacial score (nSPS) is 10.2. The van der Waals surface area contributed by atoms with Gasteiger partial charge in [-0.15, -0.1) is 0 Å². The van der Waals surface area contributed by atoms with Crippen molar-refractivity contribution in [2.45, 2.75) is 0 Å². The molecule has 98 valence electrons. The smallest absolute Gasteiger partial charge is 0.272 e. The second-order valence-electron chi connectivity index (χ2n) is 4.35. The maximum atomic E-state index is 11.9. The van der Waals surface area contributed by atoms with Crippen LogP contribution in [0.4, 0.5) is 5.69 Å². The van der Waals surface area contributed by atoms with Crippen LogP contribution in [0.3, 0.4) is 0 Å². The van der Waals surface area contributed by atoms with E-state index in [9.17, 15) is 4.79 Å². The first kappa shape index (κ1) is 12.2. The van der Waals surface area contributed by atoms with E-state index in [2.05, 4.69) is 15.3 Å². The number of aromatic nitrogens is 2. The van der Waals surface area contributed by atoms with Crippen LogP contribution in [-0.2, 0) is 0 Å². The first-order chi connectivity index (χ1) is 9.83. The van der Waals surface area contributed by atoms with Gasteiger partial charge in [0, 0.05) is 24.3 Å². The van der Waals surface area contributed by atoms with Crippen molar-refractivity contribution in [1.29, 1.82) is 0 Å². The summed E-state index contributed by atoms with van der Waals surface area (Å²) in [6.45, 7) is 0. The summed E-state index contributed by atoms with van der Waals surface area (Å²) in [6, 6.07) is 15.1. The Morgan fingerprint density at radius 3 is 2.30 bits per heavy atom. The summed E-state index contributed by atoms with van der Waals surface area (Å²) in [7, 11) is 0. The Balaban J connectivity index is 1.75. The number of carbonyl (C=O) groups is 1. The maximum Gasteiger partial charge on any atom is 0.272 e. The van der Waals surface area contributed by atoms with E-state index in [0.29, 0.717) is 5.69 Å². The molecule has 1 amide bonds. The molecule has 4 nitrogen and oxygen atoms in total. The number of carbonyl (C=O) groups excluding carboxylic acids is 1. The fraction of sp³-hybridized carbons (Fsp3) is 0. The van der Waals surface area contributed by atoms with Gasteiger partial charge in [0.05, 0.1) is 0 Å². The van der Waals surface area contributed by atoms with Crippen molar-refractivity contribution in [3.63, 3.8) is 0 Å². The fourth-order valence-corrected chi connectivity index (χ4v) is 1.96. The lowest BCUT2D eigenvalue weighted by Crippen LogP contribution is -2.11. The van der Waals surface area contributed by atoms with Gasteiger partial charge in [-0.3, -0.25) is 9.78 Å². The number of pyridine rings is 1. The fourth-order valence-electron chi connectivity index (χ4n) is 1.96. The Hall–Kier alpha value is -2.88. The minimum absolute atomic E-state index is 0.147. The monoisotopic (exact) mass is 263 g/mol. The maximum absolute atomic E-state index is 11.9. The molecule has 0 saturated carbocycles. The van der Waals surface area contributed by atoms with Crippen LogP contribution in [0.15, 0.2) is 67.1 Å². The van der Waals surface area contributed by atoms with Crippen LogP contribution in [-0.4, -0.2) is 15.9 Å². The van der Waals surface area contributed by atoms with Crippen LogP contribution in [0, 0.1) is 0 Å². The molecule has 2 heterocycles. The molecule has 0 aliphatic heterocycles. The highest BCUT2D eigenvalue weighted by atomic mass is 16.1. The molecule has 0 unspecified atom stereocenters. The molecule has 1 aromatic carbocycles. The Kier molecular flexibility index (Phi) is 3.29. The predicted molar refractivity (Wildman–Crippen MR) is 78.4 cm³/mol. The highest BCUT2D eigenvalue weighted by molar-refractivity contribution is 6.03. The first-order valence-electron chi connectivity index (χ1n) is 6.28. The van der Waals surface area contributed by atoms with Gasteiger partial charge in [0.25, 0.3) is 5.91 Å². The van der Waals surface area contributed by atoms with Gasteiger partial charge in [0.1, 0.15) is 5.69 Å². The van der Waals surface area contributed by atoms with E-state index in [-0.39, 0.29) is 5.91 Å². The summed E-state index contributed by atoms with van der Waals surface area (Å²) >= 11 is 0. The quantitative estimate of drug-likeness (QED) is 0.761. The summed E-state index contributed by atoms with van der Waals surface area (Å²) < 4.78 is 0. The van der Waals surface area contributed by atoms with Crippen LogP contribution in [0.2, 0.25) is 0 Å². The number of rotatable bonds is 3. The molecule has 0 radical (unpaired) electrons. The van der Waals surface area contributed by atoms with Gasteiger partial charge in [-0.1, -0.05) is 12.1 Å². The number of nitrogens with zero attached hydrogens (tertiary/aromatic N) is 1. The van der Waals surface area contributed by atoms with Crippen molar-refractivity contribution < 1.29 is 4.79 Å². The molecule has 0 aliphatic rings. The van der Waals surface area contributed by atoms with Crippen molar-refractivity contribution in [1.82, 2.24) is 9.97 Å². The zero-order valence-corrected chi connectivity index (χ0v) is 10.7. The van der Waals surface area contributed by atoms with Gasteiger partial charge in [0.15, 0.2) is 0 Å². The Labute approximate surface area is 116 Å². The van der Waals surface area contributed by atoms with Gasteiger partial charge in [-0.2, -0.15) is 0 Å². The Morgan fingerprint density at radius 2 is 1.65 bits per heavy atom. The number of amides is 1. The topological polar surface area (TPSA) is 57.8 Å². The average Bonchev–Trinajstić information content (AvgIpc) is 3.03. The van der Waals surface area contributed by atoms with Crippen molar-refractivity contribution in [2.75, 3.05) is 5.32 Å². The van der Waals surface area contributed by atoms with Crippen molar-refractivity contribution in [3.8, 4) is 11.1 Å². The third-order valence-corrected chi connectivity index (χ3v) is 3.00. The minimum atomic E-state index is -0.147. The molecule has 4 heteroatoms. The highest BCUT2D eigenvalue weighted by Gasteiger charge is 2.06. The van der Waals surface area contributed by atoms with Gasteiger partial charge in [0.2, 0.25) is 0 Å². The van der Waals surface area contributed by atoms with Gasteiger partial charge in [-0.25, -0.2) is 0 Å². The van der Waals surface area contributed by atoms with E-state index in [1.807, 2.05) is 36.4 Å². The van der Waals surface area contributed by atoms with Crippen LogP contribution in [0.25, 0.3) is 11.1 Å². The summed E-state index contributed by atoms with van der Waals surface area (Å²) in [5, 5.41) is 2.84. The molecule has 0 atom stereocenters. The lowest BCUT2D eigenvalue weighted by molar-refractivity contribution is 0.102. The van der Waals surface area contributed by atoms with Crippen molar-refractivity contribution >= 4 is 11.6 Å². The third kappa shape index (κ3) is 2.59. The molecular weight excluding hydrogens is 250 g/mol. The molecule has 3 aromatic rings. The molecule has 2 aromatic heterocycles. The largest absolute Gasteiger partial charge is 0.357 e. The number of benzene rings is 1. The van der Waals surface area contributed by atoms with Crippen LogP contribution >= 0.6 is 0 Å². The summed E-state index contributed by atoms with van der Waals surface area (Å²) in [5.74, 6) is -0.147. The standard InChI is InChI=1S/C16H13N3O/c20-16(15-2-1-9-18-15)19-14-5-3-12(4-6-14)13-7-10-17-11-8-13/h1-11,18H,(H,19,20). The molecule has 0 saturated heterocycles. The summed E-state index contributed by atoms with van der Waals surface area (Å²) in [5.41, 5.74) is 3.50. The van der Waals surface area contributed by atoms with Gasteiger partial charge < -0.3 is 10.3 Å². The summed E-state index contributed by atoms with van der Waals surface area (Å²) in [6.07, 6.45) is 5.24. The van der Waals surface area contributed by atoms with E-state index in [1.165, 1.54) is 0 Å². The van der Waals surface area contributed by atoms with E-state index in [1.54, 1.807) is 30.7 Å². The third-order valence-electron chi connectivity index (χ3n) is 3.00. The minimum Gasteiger partial charge on any atom is -0.357 e. The average molecular weight is 263 g/mol. The lowest BCUT2D eigenvalue weighted by atomic mass is 10.1. The first-order valence-corrected chi connectivity index (χ1v) is 6.28. The molecule has 0 fully saturated rings. The van der Waals surface area contributed by atoms with E-state index in [4.69, 9.17) is 0 Å². The summed E-state index contributed by atoms with van der Waals surface area (Å²) in [4.78, 5) is 18.8. The van der Waals surface area contributed by atoms with Crippen molar-refractivity contribution in [2.24, 2.45) is 0 Å². The molecule has 0 aliphatic carbocycles. The zero-order valence-electron chi connectivity index (χ0n) is 10.7. The van der Waals surface area contributed by atoms with E-state index >= 15 is 0 Å². The number of hydrogen-bond acceptors (Lipinski definition) is 2. The molecule has 20 heavy (non-hydrogen) atoms. The Bertz CT molecular complexity index is 688. The van der Waals surface area contributed by atoms with Crippen LogP contribution < -0.4 is 5.32 Å². The number of anilines is 1. The molecule has 2 N–H and O–H groups in total. The number of nitrogens with one attached hydrogen (secondary N) is 2. The molecular formula is C16H13N3O. The number of H-pyrrole nitrogens is 1. The molecule has 0 spiro atoms. The number of aromatic amines is 1. The number of hydrogen-bond donors (Lipinski definition) is 2. The SMILES string of the molecule is O=C(Nc1ccc(-c2ccncc2)cc1)c1ccc[nH]1. The van der Waals surface area contributed by atoms with E-state index < -0.39 is 0 Å². The second-order valence-corrected chi connectivity index (χ2v) is 4.35. The van der Waals surface area contributed by atoms with Gasteiger partial charge >= 0.3 is 0 Å². The van der Waals surface area contributed by atoms with E-state index in [0.717, 1.165) is 16.8 Å².